The van der Waals surface area contributed by atoms with Crippen molar-refractivity contribution in [3.63, 3.8) is 0 Å². The summed E-state index contributed by atoms with van der Waals surface area (Å²) in [4.78, 5) is 39.2. The Balaban J connectivity index is 1.63. The molecule has 5 nitrogen and oxygen atoms in total. The number of imide groups is 2. The van der Waals surface area contributed by atoms with Crippen LogP contribution < -0.4 is 5.32 Å². The van der Waals surface area contributed by atoms with E-state index < -0.39 is 23.7 Å². The summed E-state index contributed by atoms with van der Waals surface area (Å²) in [6.45, 7) is -0.0775. The molecule has 1 aliphatic rings. The molecule has 0 bridgehead atoms. The first-order valence-corrected chi connectivity index (χ1v) is 10.0. The Hall–Kier alpha value is -4.32. The number of nitrogens with one attached hydrogen (secondary N) is 1. The fourth-order valence-corrected chi connectivity index (χ4v) is 3.96. The van der Waals surface area contributed by atoms with E-state index in [1.54, 1.807) is 6.08 Å². The normalized spacial score (nSPS) is 15.6. The van der Waals surface area contributed by atoms with E-state index in [9.17, 15) is 18.8 Å². The molecule has 1 aliphatic heterocycles. The van der Waals surface area contributed by atoms with E-state index in [2.05, 4.69) is 11.4 Å². The lowest BCUT2D eigenvalue weighted by Gasteiger charge is -2.26. The van der Waals surface area contributed by atoms with Gasteiger partial charge in [0.25, 0.3) is 11.8 Å². The van der Waals surface area contributed by atoms with Crippen LogP contribution in [0.25, 0.3) is 27.6 Å². The quantitative estimate of drug-likeness (QED) is 0.292. The molecular weight excluding hydrogens is 407 g/mol. The van der Waals surface area contributed by atoms with Crippen molar-refractivity contribution in [2.24, 2.45) is 0 Å². The van der Waals surface area contributed by atoms with Gasteiger partial charge in [0, 0.05) is 0 Å². The molecule has 0 saturated carbocycles. The minimum absolute atomic E-state index is 0.0775. The van der Waals surface area contributed by atoms with E-state index in [4.69, 9.17) is 0 Å². The van der Waals surface area contributed by atoms with Gasteiger partial charge in [-0.05, 0) is 56.9 Å². The topological polar surface area (TPSA) is 66.5 Å². The molecule has 4 aromatic rings. The van der Waals surface area contributed by atoms with E-state index in [-0.39, 0.29) is 12.1 Å². The van der Waals surface area contributed by atoms with E-state index >= 15 is 0 Å². The fourth-order valence-electron chi connectivity index (χ4n) is 3.96. The van der Waals surface area contributed by atoms with Crippen molar-refractivity contribution in [3.05, 3.63) is 101 Å². The molecule has 1 N–H and O–H groups in total. The molecule has 6 heteroatoms. The third-order valence-corrected chi connectivity index (χ3v) is 5.54. The van der Waals surface area contributed by atoms with Crippen LogP contribution in [0.3, 0.4) is 0 Å². The fraction of sp³-hybridized carbons (Fsp3) is 0.0385. The predicted octanol–water partition coefficient (Wildman–Crippen LogP) is 4.79. The minimum Gasteiger partial charge on any atom is -0.273 e. The van der Waals surface area contributed by atoms with Crippen LogP contribution in [-0.4, -0.2) is 22.7 Å². The number of hydrogen-bond donors (Lipinski definition) is 1. The number of halogens is 1. The van der Waals surface area contributed by atoms with Crippen LogP contribution in [0.5, 0.6) is 0 Å². The third-order valence-electron chi connectivity index (χ3n) is 5.54. The van der Waals surface area contributed by atoms with Gasteiger partial charge in [-0.3, -0.25) is 19.8 Å². The summed E-state index contributed by atoms with van der Waals surface area (Å²) >= 11 is 0. The van der Waals surface area contributed by atoms with Crippen LogP contribution in [-0.2, 0) is 16.1 Å². The molecule has 156 valence electrons. The summed E-state index contributed by atoms with van der Waals surface area (Å²) in [5, 5.41) is 5.97. The Kier molecular flexibility index (Phi) is 4.75. The molecule has 0 atom stereocenters. The van der Waals surface area contributed by atoms with Gasteiger partial charge >= 0.3 is 6.03 Å². The summed E-state index contributed by atoms with van der Waals surface area (Å²) in [6.07, 6.45) is 1.55. The molecular formula is C26H17FN2O3. The number of rotatable bonds is 3. The average Bonchev–Trinajstić information content (AvgIpc) is 2.80. The summed E-state index contributed by atoms with van der Waals surface area (Å²) < 4.78 is 13.2. The van der Waals surface area contributed by atoms with Gasteiger partial charge in [0.1, 0.15) is 11.4 Å². The number of amides is 4. The number of nitrogens with zero attached hydrogens (tertiary/aromatic N) is 1. The second-order valence-electron chi connectivity index (χ2n) is 7.57. The Morgan fingerprint density at radius 1 is 0.812 bits per heavy atom. The van der Waals surface area contributed by atoms with Crippen molar-refractivity contribution in [1.82, 2.24) is 10.2 Å². The Morgan fingerprint density at radius 3 is 2.03 bits per heavy atom. The highest BCUT2D eigenvalue weighted by atomic mass is 19.1. The zero-order valence-corrected chi connectivity index (χ0v) is 16.8. The van der Waals surface area contributed by atoms with Gasteiger partial charge in [0.15, 0.2) is 0 Å². The molecule has 1 fully saturated rings. The van der Waals surface area contributed by atoms with Gasteiger partial charge in [-0.2, -0.15) is 0 Å². The third kappa shape index (κ3) is 3.41. The predicted molar refractivity (Wildman–Crippen MR) is 120 cm³/mol. The smallest absolute Gasteiger partial charge is 0.273 e. The molecule has 4 amide bonds. The maximum atomic E-state index is 13.2. The highest BCUT2D eigenvalue weighted by molar-refractivity contribution is 6.31. The molecule has 0 aromatic heterocycles. The van der Waals surface area contributed by atoms with Gasteiger partial charge in [-0.25, -0.2) is 9.18 Å². The van der Waals surface area contributed by atoms with Crippen LogP contribution in [0.2, 0.25) is 0 Å². The Bertz CT molecular complexity index is 1390. The molecule has 5 rings (SSSR count). The molecule has 4 aromatic carbocycles. The first-order valence-electron chi connectivity index (χ1n) is 10.0. The first-order chi connectivity index (χ1) is 15.5. The maximum absolute atomic E-state index is 13.2. The van der Waals surface area contributed by atoms with E-state index in [1.165, 1.54) is 24.3 Å². The lowest BCUT2D eigenvalue weighted by Crippen LogP contribution is -2.53. The largest absolute Gasteiger partial charge is 0.331 e. The lowest BCUT2D eigenvalue weighted by atomic mass is 9.94. The standard InChI is InChI=1S/C26H17FN2O3/c27-19-11-9-16(10-12-19)15-29-25(31)23(24(30)28-26(29)32)14-22-20-7-3-1-5-17(20)13-18-6-2-4-8-21(18)22/h1-14H,15H2,(H,28,30,32). The highest BCUT2D eigenvalue weighted by Crippen LogP contribution is 2.31. The van der Waals surface area contributed by atoms with Crippen molar-refractivity contribution >= 4 is 45.5 Å². The summed E-state index contributed by atoms with van der Waals surface area (Å²) in [6, 6.07) is 22.2. The number of urea groups is 1. The molecule has 32 heavy (non-hydrogen) atoms. The number of carbonyl (C=O) groups excluding carboxylic acids is 3. The number of benzene rings is 4. The van der Waals surface area contributed by atoms with Crippen molar-refractivity contribution in [2.45, 2.75) is 6.54 Å². The summed E-state index contributed by atoms with van der Waals surface area (Å²) in [5.41, 5.74) is 1.17. The molecule has 0 spiro atoms. The van der Waals surface area contributed by atoms with Crippen LogP contribution in [0.15, 0.2) is 84.4 Å². The highest BCUT2D eigenvalue weighted by Gasteiger charge is 2.35. The van der Waals surface area contributed by atoms with Gasteiger partial charge in [-0.1, -0.05) is 60.7 Å². The Labute approximate surface area is 182 Å². The van der Waals surface area contributed by atoms with Gasteiger partial charge < -0.3 is 0 Å². The molecule has 0 unspecified atom stereocenters. The van der Waals surface area contributed by atoms with Gasteiger partial charge in [0.2, 0.25) is 0 Å². The maximum Gasteiger partial charge on any atom is 0.331 e. The van der Waals surface area contributed by atoms with Crippen LogP contribution >= 0.6 is 0 Å². The second kappa shape index (κ2) is 7.74. The molecule has 1 heterocycles. The van der Waals surface area contributed by atoms with Crippen molar-refractivity contribution in [2.75, 3.05) is 0 Å². The lowest BCUT2D eigenvalue weighted by molar-refractivity contribution is -0.130. The Morgan fingerprint density at radius 2 is 1.41 bits per heavy atom. The first kappa shape index (κ1) is 19.6. The van der Waals surface area contributed by atoms with Crippen LogP contribution in [0.1, 0.15) is 11.1 Å². The SMILES string of the molecule is O=C1NC(=O)N(Cc2ccc(F)cc2)C(=O)C1=Cc1c2ccccc2cc2ccccc12. The van der Waals surface area contributed by atoms with E-state index in [1.807, 2.05) is 48.5 Å². The monoisotopic (exact) mass is 424 g/mol. The zero-order chi connectivity index (χ0) is 22.2. The van der Waals surface area contributed by atoms with Crippen LogP contribution in [0, 0.1) is 5.82 Å². The number of fused-ring (bicyclic) bond motifs is 2. The second-order valence-corrected chi connectivity index (χ2v) is 7.57. The van der Waals surface area contributed by atoms with Crippen molar-refractivity contribution < 1.29 is 18.8 Å². The number of barbiturate groups is 1. The molecule has 1 saturated heterocycles. The average molecular weight is 424 g/mol. The van der Waals surface area contributed by atoms with E-state index in [0.717, 1.165) is 32.0 Å². The number of carbonyl (C=O) groups is 3. The van der Waals surface area contributed by atoms with Crippen molar-refractivity contribution in [1.29, 1.82) is 0 Å². The van der Waals surface area contributed by atoms with Crippen LogP contribution in [0.4, 0.5) is 9.18 Å². The molecule has 0 aliphatic carbocycles. The van der Waals surface area contributed by atoms with Crippen molar-refractivity contribution in [3.8, 4) is 0 Å². The minimum atomic E-state index is -0.802. The van der Waals surface area contributed by atoms with Gasteiger partial charge in [-0.15, -0.1) is 0 Å². The zero-order valence-electron chi connectivity index (χ0n) is 16.8. The summed E-state index contributed by atoms with van der Waals surface area (Å²) in [5.74, 6) is -1.85. The van der Waals surface area contributed by atoms with Gasteiger partial charge in [0.05, 0.1) is 6.54 Å². The number of hydrogen-bond acceptors (Lipinski definition) is 3. The van der Waals surface area contributed by atoms with E-state index in [0.29, 0.717) is 5.56 Å². The molecule has 0 radical (unpaired) electrons. The summed E-state index contributed by atoms with van der Waals surface area (Å²) in [7, 11) is 0.